The SMILES string of the molecule is COP(=O)(O)CC=O. The van der Waals surface area contributed by atoms with E-state index in [1.165, 1.54) is 0 Å². The van der Waals surface area contributed by atoms with E-state index >= 15 is 0 Å². The van der Waals surface area contributed by atoms with E-state index in [4.69, 9.17) is 4.89 Å². The summed E-state index contributed by atoms with van der Waals surface area (Å²) in [5.41, 5.74) is 0. The van der Waals surface area contributed by atoms with Crippen LogP contribution in [0.1, 0.15) is 0 Å². The predicted molar refractivity (Wildman–Crippen MR) is 27.8 cm³/mol. The lowest BCUT2D eigenvalue weighted by molar-refractivity contribution is -0.106. The molecular formula is C3H7O4P. The molecule has 8 heavy (non-hydrogen) atoms. The molecule has 0 aromatic rings. The highest BCUT2D eigenvalue weighted by Crippen LogP contribution is 2.38. The van der Waals surface area contributed by atoms with Gasteiger partial charge >= 0.3 is 7.60 Å². The summed E-state index contributed by atoms with van der Waals surface area (Å²) in [4.78, 5) is 18.0. The second kappa shape index (κ2) is 2.97. The Hall–Kier alpha value is -0.180. The molecule has 1 unspecified atom stereocenters. The molecule has 0 heterocycles. The largest absolute Gasteiger partial charge is 0.334 e. The van der Waals surface area contributed by atoms with Crippen molar-refractivity contribution in [2.45, 2.75) is 0 Å². The molecule has 0 aliphatic heterocycles. The van der Waals surface area contributed by atoms with E-state index in [1.54, 1.807) is 0 Å². The summed E-state index contributed by atoms with van der Waals surface area (Å²) in [5.74, 6) is 0. The van der Waals surface area contributed by atoms with Crippen LogP contribution in [-0.2, 0) is 13.9 Å². The van der Waals surface area contributed by atoms with Crippen molar-refractivity contribution in [1.29, 1.82) is 0 Å². The van der Waals surface area contributed by atoms with Gasteiger partial charge in [0.2, 0.25) is 0 Å². The van der Waals surface area contributed by atoms with Crippen LogP contribution in [-0.4, -0.2) is 24.5 Å². The standard InChI is InChI=1S/C3H7O4P/c1-7-8(5,6)3-2-4/h2H,3H2,1H3,(H,5,6). The average Bonchev–Trinajstić information content (AvgIpc) is 1.67. The smallest absolute Gasteiger partial charge is 0.324 e. The van der Waals surface area contributed by atoms with Crippen molar-refractivity contribution >= 4 is 13.9 Å². The van der Waals surface area contributed by atoms with Gasteiger partial charge in [-0.25, -0.2) is 0 Å². The minimum absolute atomic E-state index is 0.351. The Kier molecular flexibility index (Phi) is 2.90. The van der Waals surface area contributed by atoms with Crippen LogP contribution < -0.4 is 0 Å². The molecule has 0 rings (SSSR count). The minimum atomic E-state index is -3.54. The molecule has 0 bridgehead atoms. The zero-order valence-electron chi connectivity index (χ0n) is 4.40. The van der Waals surface area contributed by atoms with Crippen LogP contribution in [0.4, 0.5) is 0 Å². The Morgan fingerprint density at radius 1 is 1.88 bits per heavy atom. The first-order chi connectivity index (χ1) is 3.62. The van der Waals surface area contributed by atoms with Gasteiger partial charge in [0.1, 0.15) is 12.4 Å². The maximum atomic E-state index is 10.3. The van der Waals surface area contributed by atoms with Crippen LogP contribution in [0.2, 0.25) is 0 Å². The summed E-state index contributed by atoms with van der Waals surface area (Å²) < 4.78 is 14.3. The molecular weight excluding hydrogens is 131 g/mol. The van der Waals surface area contributed by atoms with Crippen molar-refractivity contribution in [3.05, 3.63) is 0 Å². The average molecular weight is 138 g/mol. The summed E-state index contributed by atoms with van der Waals surface area (Å²) in [6, 6.07) is 0. The first-order valence-corrected chi connectivity index (χ1v) is 3.70. The number of carbonyl (C=O) groups is 1. The first-order valence-electron chi connectivity index (χ1n) is 1.93. The third kappa shape index (κ3) is 2.91. The fourth-order valence-corrected chi connectivity index (χ4v) is 0.506. The number of carbonyl (C=O) groups excluding carboxylic acids is 1. The lowest BCUT2D eigenvalue weighted by atomic mass is 10.9. The first kappa shape index (κ1) is 7.82. The quantitative estimate of drug-likeness (QED) is 0.441. The molecule has 0 spiro atoms. The van der Waals surface area contributed by atoms with Gasteiger partial charge in [-0.2, -0.15) is 0 Å². The van der Waals surface area contributed by atoms with Gasteiger partial charge in [-0.1, -0.05) is 0 Å². The van der Waals surface area contributed by atoms with Gasteiger partial charge in [0.25, 0.3) is 0 Å². The van der Waals surface area contributed by atoms with Crippen molar-refractivity contribution in [2.75, 3.05) is 13.3 Å². The minimum Gasteiger partial charge on any atom is -0.324 e. The number of hydrogen-bond donors (Lipinski definition) is 1. The maximum absolute atomic E-state index is 10.3. The van der Waals surface area contributed by atoms with Crippen LogP contribution in [0.25, 0.3) is 0 Å². The van der Waals surface area contributed by atoms with Gasteiger partial charge in [-0.15, -0.1) is 0 Å². The van der Waals surface area contributed by atoms with E-state index in [0.717, 1.165) is 7.11 Å². The third-order valence-electron chi connectivity index (χ3n) is 0.591. The monoisotopic (exact) mass is 138 g/mol. The number of rotatable bonds is 3. The fourth-order valence-electron chi connectivity index (χ4n) is 0.169. The molecule has 0 aromatic heterocycles. The zero-order chi connectivity index (χ0) is 6.62. The summed E-state index contributed by atoms with van der Waals surface area (Å²) in [6.07, 6.45) is -0.0756. The van der Waals surface area contributed by atoms with Crippen molar-refractivity contribution in [1.82, 2.24) is 0 Å². The molecule has 4 nitrogen and oxygen atoms in total. The number of aldehydes is 1. The van der Waals surface area contributed by atoms with Crippen molar-refractivity contribution in [2.24, 2.45) is 0 Å². The lowest BCUT2D eigenvalue weighted by Gasteiger charge is -2.01. The lowest BCUT2D eigenvalue weighted by Crippen LogP contribution is -1.90. The highest BCUT2D eigenvalue weighted by molar-refractivity contribution is 7.53. The Balaban J connectivity index is 3.72. The summed E-state index contributed by atoms with van der Waals surface area (Å²) in [6.45, 7) is 0. The van der Waals surface area contributed by atoms with Gasteiger partial charge in [-0.05, 0) is 0 Å². The predicted octanol–water partition coefficient (Wildman–Crippen LogP) is 0.0171. The van der Waals surface area contributed by atoms with Crippen LogP contribution >= 0.6 is 7.60 Å². The van der Waals surface area contributed by atoms with Gasteiger partial charge in [-0.3, -0.25) is 4.57 Å². The Labute approximate surface area is 47.0 Å². The van der Waals surface area contributed by atoms with E-state index < -0.39 is 13.8 Å². The van der Waals surface area contributed by atoms with E-state index in [-0.39, 0.29) is 0 Å². The normalized spacial score (nSPS) is 17.2. The van der Waals surface area contributed by atoms with Gasteiger partial charge in [0.15, 0.2) is 0 Å². The summed E-state index contributed by atoms with van der Waals surface area (Å²) in [5, 5.41) is 0. The second-order valence-corrected chi connectivity index (χ2v) is 3.17. The van der Waals surface area contributed by atoms with Gasteiger partial charge in [0, 0.05) is 7.11 Å². The van der Waals surface area contributed by atoms with Gasteiger partial charge in [0.05, 0.1) is 0 Å². The Bertz CT molecular complexity index is 120. The second-order valence-electron chi connectivity index (χ2n) is 1.17. The van der Waals surface area contributed by atoms with Crippen molar-refractivity contribution in [3.8, 4) is 0 Å². The number of hydrogen-bond acceptors (Lipinski definition) is 3. The Morgan fingerprint density at radius 2 is 2.38 bits per heavy atom. The fraction of sp³-hybridized carbons (Fsp3) is 0.667. The molecule has 0 saturated carbocycles. The highest BCUT2D eigenvalue weighted by atomic mass is 31.2. The van der Waals surface area contributed by atoms with Gasteiger partial charge < -0.3 is 14.2 Å². The molecule has 0 aliphatic rings. The topological polar surface area (TPSA) is 63.6 Å². The molecule has 5 heteroatoms. The Morgan fingerprint density at radius 3 is 2.50 bits per heavy atom. The van der Waals surface area contributed by atoms with E-state index in [0.29, 0.717) is 6.29 Å². The molecule has 0 fully saturated rings. The van der Waals surface area contributed by atoms with Crippen molar-refractivity contribution < 1.29 is 18.8 Å². The molecule has 0 aliphatic carbocycles. The van der Waals surface area contributed by atoms with Crippen LogP contribution in [0.5, 0.6) is 0 Å². The van der Waals surface area contributed by atoms with E-state index in [9.17, 15) is 9.36 Å². The molecule has 0 amide bonds. The molecule has 0 saturated heterocycles. The van der Waals surface area contributed by atoms with Crippen LogP contribution in [0.15, 0.2) is 0 Å². The van der Waals surface area contributed by atoms with Crippen LogP contribution in [0.3, 0.4) is 0 Å². The summed E-state index contributed by atoms with van der Waals surface area (Å²) >= 11 is 0. The van der Waals surface area contributed by atoms with E-state index in [2.05, 4.69) is 4.52 Å². The molecule has 1 N–H and O–H groups in total. The highest BCUT2D eigenvalue weighted by Gasteiger charge is 2.14. The summed E-state index contributed by atoms with van der Waals surface area (Å²) in [7, 11) is -2.45. The zero-order valence-corrected chi connectivity index (χ0v) is 5.30. The molecule has 0 aromatic carbocycles. The van der Waals surface area contributed by atoms with Crippen LogP contribution in [0, 0.1) is 0 Å². The molecule has 48 valence electrons. The third-order valence-corrected chi connectivity index (χ3v) is 1.77. The molecule has 0 radical (unpaired) electrons. The molecule has 1 atom stereocenters. The maximum Gasteiger partial charge on any atom is 0.334 e. The van der Waals surface area contributed by atoms with Crippen molar-refractivity contribution in [3.63, 3.8) is 0 Å². The van der Waals surface area contributed by atoms with E-state index in [1.807, 2.05) is 0 Å².